The molecule has 0 bridgehead atoms. The smallest absolute Gasteiger partial charge is 0.254 e. The van der Waals surface area contributed by atoms with Crippen molar-refractivity contribution in [2.24, 2.45) is 5.92 Å². The Morgan fingerprint density at radius 3 is 2.43 bits per heavy atom. The van der Waals surface area contributed by atoms with Gasteiger partial charge in [0.2, 0.25) is 0 Å². The molecular weight excluding hydrogens is 292 g/mol. The van der Waals surface area contributed by atoms with Gasteiger partial charge in [-0.15, -0.1) is 0 Å². The fourth-order valence-corrected chi connectivity index (χ4v) is 2.63. The van der Waals surface area contributed by atoms with Crippen LogP contribution in [0.1, 0.15) is 31.1 Å². The fourth-order valence-electron chi connectivity index (χ4n) is 2.63. The van der Waals surface area contributed by atoms with Crippen LogP contribution < -0.4 is 9.47 Å². The number of carbonyl (C=O) groups excluding carboxylic acids is 1. The van der Waals surface area contributed by atoms with Crippen LogP contribution >= 0.6 is 0 Å². The molecule has 1 aliphatic heterocycles. The lowest BCUT2D eigenvalue weighted by atomic mass is 10.1. The second-order valence-electron chi connectivity index (χ2n) is 6.30. The van der Waals surface area contributed by atoms with E-state index >= 15 is 0 Å². The third kappa shape index (κ3) is 4.61. The Hall–Kier alpha value is -1.75. The molecule has 1 saturated heterocycles. The average Bonchev–Trinajstić information content (AvgIpc) is 2.59. The van der Waals surface area contributed by atoms with Crippen molar-refractivity contribution >= 4 is 5.91 Å². The van der Waals surface area contributed by atoms with E-state index in [9.17, 15) is 4.79 Å². The molecule has 2 rings (SSSR count). The summed E-state index contributed by atoms with van der Waals surface area (Å²) >= 11 is 0. The maximum atomic E-state index is 12.7. The largest absolute Gasteiger partial charge is 0.493 e. The highest BCUT2D eigenvalue weighted by atomic mass is 16.5. The first kappa shape index (κ1) is 17.6. The molecule has 0 saturated carbocycles. The van der Waals surface area contributed by atoms with E-state index in [1.165, 1.54) is 0 Å². The first-order valence-electron chi connectivity index (χ1n) is 8.37. The minimum atomic E-state index is 0.0643. The zero-order valence-electron chi connectivity index (χ0n) is 14.7. The molecule has 1 aliphatic rings. The lowest BCUT2D eigenvalue weighted by molar-refractivity contribution is 0.0643. The van der Waals surface area contributed by atoms with Gasteiger partial charge in [-0.3, -0.25) is 4.79 Å². The predicted molar refractivity (Wildman–Crippen MR) is 91.3 cm³/mol. The number of amides is 1. The third-order valence-corrected chi connectivity index (χ3v) is 4.09. The van der Waals surface area contributed by atoms with Crippen molar-refractivity contribution < 1.29 is 14.3 Å². The summed E-state index contributed by atoms with van der Waals surface area (Å²) in [5, 5.41) is 0. The molecule has 0 radical (unpaired) electrons. The normalized spacial score (nSPS) is 15.8. The van der Waals surface area contributed by atoms with E-state index in [1.807, 2.05) is 17.0 Å². The number of ether oxygens (including phenoxy) is 2. The van der Waals surface area contributed by atoms with E-state index in [0.29, 0.717) is 29.6 Å². The summed E-state index contributed by atoms with van der Waals surface area (Å²) in [5.74, 6) is 1.81. The molecule has 1 aromatic carbocycles. The van der Waals surface area contributed by atoms with Crippen LogP contribution in [-0.4, -0.2) is 62.1 Å². The summed E-state index contributed by atoms with van der Waals surface area (Å²) in [6.07, 6.45) is 0. The lowest BCUT2D eigenvalue weighted by Crippen LogP contribution is -2.48. The summed E-state index contributed by atoms with van der Waals surface area (Å²) < 4.78 is 11.1. The maximum Gasteiger partial charge on any atom is 0.254 e. The highest BCUT2D eigenvalue weighted by Crippen LogP contribution is 2.29. The molecule has 0 aromatic heterocycles. The summed E-state index contributed by atoms with van der Waals surface area (Å²) in [6, 6.07) is 5.44. The molecule has 1 aromatic rings. The molecule has 0 atom stereocenters. The minimum Gasteiger partial charge on any atom is -0.493 e. The Bertz CT molecular complexity index is 523. The number of rotatable bonds is 6. The zero-order chi connectivity index (χ0) is 16.8. The van der Waals surface area contributed by atoms with Gasteiger partial charge in [0.05, 0.1) is 13.7 Å². The monoisotopic (exact) mass is 320 g/mol. The average molecular weight is 320 g/mol. The molecule has 1 heterocycles. The van der Waals surface area contributed by atoms with Crippen LogP contribution in [0.3, 0.4) is 0 Å². The SMILES string of the molecule is CCN1CCN(C(=O)c2ccc(OCC(C)C)c(OC)c2)CC1. The fraction of sp³-hybridized carbons (Fsp3) is 0.611. The summed E-state index contributed by atoms with van der Waals surface area (Å²) in [6.45, 7) is 11.4. The van der Waals surface area contributed by atoms with Crippen molar-refractivity contribution in [1.82, 2.24) is 9.80 Å². The first-order valence-corrected chi connectivity index (χ1v) is 8.37. The van der Waals surface area contributed by atoms with E-state index in [4.69, 9.17) is 9.47 Å². The Labute approximate surface area is 139 Å². The van der Waals surface area contributed by atoms with Crippen molar-refractivity contribution in [2.75, 3.05) is 46.4 Å². The van der Waals surface area contributed by atoms with Gasteiger partial charge in [0.1, 0.15) is 0 Å². The van der Waals surface area contributed by atoms with Gasteiger partial charge in [-0.05, 0) is 30.7 Å². The topological polar surface area (TPSA) is 42.0 Å². The van der Waals surface area contributed by atoms with Crippen LogP contribution in [0.4, 0.5) is 0 Å². The molecule has 23 heavy (non-hydrogen) atoms. The second-order valence-corrected chi connectivity index (χ2v) is 6.30. The van der Waals surface area contributed by atoms with Crippen LogP contribution in [0.15, 0.2) is 18.2 Å². The van der Waals surface area contributed by atoms with E-state index in [1.54, 1.807) is 13.2 Å². The van der Waals surface area contributed by atoms with Crippen LogP contribution in [-0.2, 0) is 0 Å². The van der Waals surface area contributed by atoms with Gasteiger partial charge < -0.3 is 19.3 Å². The van der Waals surface area contributed by atoms with E-state index in [0.717, 1.165) is 32.7 Å². The van der Waals surface area contributed by atoms with Crippen molar-refractivity contribution in [1.29, 1.82) is 0 Å². The molecule has 0 N–H and O–H groups in total. The maximum absolute atomic E-state index is 12.7. The molecule has 0 unspecified atom stereocenters. The summed E-state index contributed by atoms with van der Waals surface area (Å²) in [4.78, 5) is 16.9. The van der Waals surface area contributed by atoms with Gasteiger partial charge in [-0.25, -0.2) is 0 Å². The molecule has 5 heteroatoms. The Morgan fingerprint density at radius 1 is 1.17 bits per heavy atom. The van der Waals surface area contributed by atoms with E-state index < -0.39 is 0 Å². The van der Waals surface area contributed by atoms with E-state index in [-0.39, 0.29) is 5.91 Å². The number of nitrogens with zero attached hydrogens (tertiary/aromatic N) is 2. The van der Waals surface area contributed by atoms with Crippen molar-refractivity contribution in [3.8, 4) is 11.5 Å². The number of benzene rings is 1. The van der Waals surface area contributed by atoms with Crippen molar-refractivity contribution in [3.63, 3.8) is 0 Å². The molecule has 128 valence electrons. The molecule has 5 nitrogen and oxygen atoms in total. The third-order valence-electron chi connectivity index (χ3n) is 4.09. The van der Waals surface area contributed by atoms with Gasteiger partial charge in [0.25, 0.3) is 5.91 Å². The summed E-state index contributed by atoms with van der Waals surface area (Å²) in [5.41, 5.74) is 0.656. The number of piperazine rings is 1. The highest BCUT2D eigenvalue weighted by molar-refractivity contribution is 5.95. The van der Waals surface area contributed by atoms with Gasteiger partial charge in [0.15, 0.2) is 11.5 Å². The number of hydrogen-bond donors (Lipinski definition) is 0. The predicted octanol–water partition coefficient (Wildman–Crippen LogP) is 2.51. The Morgan fingerprint density at radius 2 is 1.87 bits per heavy atom. The first-order chi connectivity index (χ1) is 11.0. The van der Waals surface area contributed by atoms with Gasteiger partial charge in [-0.1, -0.05) is 20.8 Å². The molecular formula is C18H28N2O3. The number of methoxy groups -OCH3 is 1. The highest BCUT2D eigenvalue weighted by Gasteiger charge is 2.22. The second kappa shape index (κ2) is 8.20. The standard InChI is InChI=1S/C18H28N2O3/c1-5-19-8-10-20(11-9-19)18(21)15-6-7-16(17(12-15)22-4)23-13-14(2)3/h6-7,12,14H,5,8-11,13H2,1-4H3. The number of carbonyl (C=O) groups is 1. The Kier molecular flexibility index (Phi) is 6.28. The Balaban J connectivity index is 2.06. The van der Waals surface area contributed by atoms with E-state index in [2.05, 4.69) is 25.7 Å². The minimum absolute atomic E-state index is 0.0643. The molecule has 1 amide bonds. The van der Waals surface area contributed by atoms with Crippen LogP contribution in [0.5, 0.6) is 11.5 Å². The van der Waals surface area contributed by atoms with Crippen LogP contribution in [0.25, 0.3) is 0 Å². The zero-order valence-corrected chi connectivity index (χ0v) is 14.7. The number of likely N-dealkylation sites (N-methyl/N-ethyl adjacent to an activating group) is 1. The van der Waals surface area contributed by atoms with Crippen LogP contribution in [0.2, 0.25) is 0 Å². The summed E-state index contributed by atoms with van der Waals surface area (Å²) in [7, 11) is 1.60. The van der Waals surface area contributed by atoms with Crippen LogP contribution in [0, 0.1) is 5.92 Å². The van der Waals surface area contributed by atoms with Gasteiger partial charge in [0, 0.05) is 31.7 Å². The van der Waals surface area contributed by atoms with Crippen molar-refractivity contribution in [2.45, 2.75) is 20.8 Å². The van der Waals surface area contributed by atoms with Crippen molar-refractivity contribution in [3.05, 3.63) is 23.8 Å². The van der Waals surface area contributed by atoms with Gasteiger partial charge in [-0.2, -0.15) is 0 Å². The lowest BCUT2D eigenvalue weighted by Gasteiger charge is -2.34. The molecule has 1 fully saturated rings. The molecule has 0 aliphatic carbocycles. The number of hydrogen-bond acceptors (Lipinski definition) is 4. The van der Waals surface area contributed by atoms with Gasteiger partial charge >= 0.3 is 0 Å². The quantitative estimate of drug-likeness (QED) is 0.808. The molecule has 0 spiro atoms.